The lowest BCUT2D eigenvalue weighted by atomic mass is 9.87. The highest BCUT2D eigenvalue weighted by atomic mass is 32.1. The van der Waals surface area contributed by atoms with E-state index in [1.807, 2.05) is 35.1 Å². The second-order valence-corrected chi connectivity index (χ2v) is 15.1. The van der Waals surface area contributed by atoms with Crippen molar-refractivity contribution < 1.29 is 14.3 Å². The van der Waals surface area contributed by atoms with E-state index in [0.29, 0.717) is 31.0 Å². The van der Waals surface area contributed by atoms with Crippen molar-refractivity contribution >= 4 is 28.8 Å². The molecule has 8 heteroatoms. The molecule has 2 aliphatic rings. The number of carbonyl (C=O) groups is 2. The summed E-state index contributed by atoms with van der Waals surface area (Å²) in [6.45, 7) is 19.9. The summed E-state index contributed by atoms with van der Waals surface area (Å²) < 4.78 is 6.26. The third-order valence-corrected chi connectivity index (χ3v) is 10.2. The Morgan fingerprint density at radius 1 is 0.932 bits per heavy atom. The number of hydrogen-bond acceptors (Lipinski definition) is 6. The number of anilines is 1. The summed E-state index contributed by atoms with van der Waals surface area (Å²) in [4.78, 5) is 39.9. The van der Waals surface area contributed by atoms with Crippen molar-refractivity contribution in [1.29, 1.82) is 0 Å². The maximum atomic E-state index is 13.8. The van der Waals surface area contributed by atoms with E-state index in [0.717, 1.165) is 23.5 Å². The number of hydrogen-bond donors (Lipinski definition) is 0. The first-order chi connectivity index (χ1) is 20.8. The van der Waals surface area contributed by atoms with Gasteiger partial charge in [0.05, 0.1) is 22.6 Å². The maximum Gasteiger partial charge on any atom is 0.264 e. The van der Waals surface area contributed by atoms with Crippen LogP contribution in [-0.2, 0) is 16.6 Å². The Labute approximate surface area is 267 Å². The molecule has 2 aliphatic heterocycles. The number of morpholine rings is 1. The molecule has 0 N–H and O–H groups in total. The highest BCUT2D eigenvalue weighted by molar-refractivity contribution is 7.14. The predicted octanol–water partition coefficient (Wildman–Crippen LogP) is 6.78. The van der Waals surface area contributed by atoms with Crippen molar-refractivity contribution in [3.8, 4) is 0 Å². The van der Waals surface area contributed by atoms with Gasteiger partial charge in [-0.25, -0.2) is 0 Å². The van der Waals surface area contributed by atoms with E-state index in [-0.39, 0.29) is 41.5 Å². The quantitative estimate of drug-likeness (QED) is 0.306. The summed E-state index contributed by atoms with van der Waals surface area (Å²) >= 11 is 1.58. The molecule has 0 radical (unpaired) electrons. The molecule has 0 bridgehead atoms. The van der Waals surface area contributed by atoms with Gasteiger partial charge < -0.3 is 19.4 Å². The topological polar surface area (TPSA) is 66.0 Å². The molecule has 236 valence electrons. The zero-order valence-electron chi connectivity index (χ0n) is 27.5. The molecule has 2 saturated heterocycles. The average molecular weight is 617 g/mol. The minimum atomic E-state index is -0.162. The van der Waals surface area contributed by atoms with Crippen LogP contribution in [0.15, 0.2) is 54.9 Å². The molecule has 2 fully saturated rings. The van der Waals surface area contributed by atoms with Gasteiger partial charge in [-0.15, -0.1) is 11.3 Å². The fraction of sp³-hybridized carbons (Fsp3) is 0.528. The number of nitrogens with zero attached hydrogens (tertiary/aromatic N) is 4. The highest BCUT2D eigenvalue weighted by Gasteiger charge is 2.34. The van der Waals surface area contributed by atoms with E-state index in [9.17, 15) is 9.59 Å². The van der Waals surface area contributed by atoms with Crippen LogP contribution in [0.3, 0.4) is 0 Å². The van der Waals surface area contributed by atoms with Gasteiger partial charge >= 0.3 is 0 Å². The summed E-state index contributed by atoms with van der Waals surface area (Å²) in [5, 5.41) is 0. The van der Waals surface area contributed by atoms with E-state index in [1.165, 1.54) is 16.1 Å². The molecule has 2 aromatic heterocycles. The normalized spacial score (nSPS) is 22.9. The number of benzene rings is 1. The highest BCUT2D eigenvalue weighted by Crippen LogP contribution is 2.29. The Bertz CT molecular complexity index is 1450. The van der Waals surface area contributed by atoms with Crippen molar-refractivity contribution in [2.24, 2.45) is 0 Å². The SMILES string of the molecule is CC(C)c1ccc(C(=O)N2C[C@H](Cc3cncc(C(=O)N4[C@H](C)CN(c5ccc(C(C)(C)C)cc5)C[C@@H]4C)c3)O[C@H](C)C2)s1. The van der Waals surface area contributed by atoms with Gasteiger partial charge in [-0.3, -0.25) is 14.6 Å². The lowest BCUT2D eigenvalue weighted by Gasteiger charge is -2.45. The van der Waals surface area contributed by atoms with E-state index in [2.05, 4.69) is 88.7 Å². The molecule has 5 rings (SSSR count). The van der Waals surface area contributed by atoms with Gasteiger partial charge in [0, 0.05) is 67.6 Å². The maximum absolute atomic E-state index is 13.8. The van der Waals surface area contributed by atoms with Gasteiger partial charge in [-0.2, -0.15) is 0 Å². The van der Waals surface area contributed by atoms with Crippen LogP contribution in [-0.4, -0.2) is 77.1 Å². The molecule has 0 unspecified atom stereocenters. The van der Waals surface area contributed by atoms with E-state index >= 15 is 0 Å². The number of piperazine rings is 1. The first-order valence-corrected chi connectivity index (χ1v) is 16.8. The number of aromatic nitrogens is 1. The zero-order valence-corrected chi connectivity index (χ0v) is 28.4. The van der Waals surface area contributed by atoms with Crippen LogP contribution in [0.4, 0.5) is 5.69 Å². The van der Waals surface area contributed by atoms with Crippen LogP contribution < -0.4 is 4.90 Å². The fourth-order valence-corrected chi connectivity index (χ4v) is 7.47. The van der Waals surface area contributed by atoms with Crippen LogP contribution in [0, 0.1) is 0 Å². The van der Waals surface area contributed by atoms with Gasteiger partial charge in [0.15, 0.2) is 0 Å². The third kappa shape index (κ3) is 7.18. The van der Waals surface area contributed by atoms with Crippen LogP contribution in [0.1, 0.15) is 97.3 Å². The fourth-order valence-electron chi connectivity index (χ4n) is 6.49. The van der Waals surface area contributed by atoms with Gasteiger partial charge in [-0.05, 0) is 73.6 Å². The molecule has 0 aliphatic carbocycles. The summed E-state index contributed by atoms with van der Waals surface area (Å²) in [7, 11) is 0. The second kappa shape index (κ2) is 13.0. The first-order valence-electron chi connectivity index (χ1n) is 16.0. The summed E-state index contributed by atoms with van der Waals surface area (Å²) in [6.07, 6.45) is 3.85. The third-order valence-electron chi connectivity index (χ3n) is 8.78. The number of rotatable bonds is 6. The Morgan fingerprint density at radius 3 is 2.23 bits per heavy atom. The van der Waals surface area contributed by atoms with E-state index < -0.39 is 0 Å². The number of carbonyl (C=O) groups excluding carboxylic acids is 2. The monoisotopic (exact) mass is 616 g/mol. The molecule has 0 spiro atoms. The molecule has 7 nitrogen and oxygen atoms in total. The molecule has 4 heterocycles. The molecule has 44 heavy (non-hydrogen) atoms. The lowest BCUT2D eigenvalue weighted by Crippen LogP contribution is -2.58. The van der Waals surface area contributed by atoms with Crippen LogP contribution in [0.25, 0.3) is 0 Å². The van der Waals surface area contributed by atoms with Gasteiger partial charge in [0.25, 0.3) is 11.8 Å². The molecular formula is C36H48N4O3S. The Morgan fingerprint density at radius 2 is 1.61 bits per heavy atom. The number of thiophene rings is 1. The molecule has 0 saturated carbocycles. The lowest BCUT2D eigenvalue weighted by molar-refractivity contribution is -0.0663. The number of ether oxygens (including phenoxy) is 1. The first kappa shape index (κ1) is 32.2. The Kier molecular flexibility index (Phi) is 9.52. The average Bonchev–Trinajstić information content (AvgIpc) is 3.47. The van der Waals surface area contributed by atoms with E-state index in [4.69, 9.17) is 4.74 Å². The van der Waals surface area contributed by atoms with Crippen LogP contribution in [0.2, 0.25) is 0 Å². The Hall–Kier alpha value is -3.23. The predicted molar refractivity (Wildman–Crippen MR) is 179 cm³/mol. The number of amides is 2. The minimum absolute atomic E-state index is 0.00969. The summed E-state index contributed by atoms with van der Waals surface area (Å²) in [5.41, 5.74) is 4.17. The largest absolute Gasteiger partial charge is 0.371 e. The minimum Gasteiger partial charge on any atom is -0.371 e. The van der Waals surface area contributed by atoms with Crippen molar-refractivity contribution in [1.82, 2.24) is 14.8 Å². The standard InChI is InChI=1S/C36H48N4O3S/c1-23(2)32-13-14-33(44-32)35(42)39-21-26(5)43-31(22-39)16-27-15-28(18-37-17-27)34(41)40-24(3)19-38(20-25(40)4)30-11-9-29(10-12-30)36(6,7)8/h9-15,17-18,23-26,31H,16,19-22H2,1-8H3/t24-,25+,26-,31+/m1/s1. The molecule has 3 aromatic rings. The smallest absolute Gasteiger partial charge is 0.264 e. The van der Waals surface area contributed by atoms with Crippen molar-refractivity contribution in [3.63, 3.8) is 0 Å². The van der Waals surface area contributed by atoms with Crippen molar-refractivity contribution in [2.75, 3.05) is 31.1 Å². The summed E-state index contributed by atoms with van der Waals surface area (Å²) in [6, 6.07) is 14.9. The molecular weight excluding hydrogens is 568 g/mol. The van der Waals surface area contributed by atoms with Gasteiger partial charge in [0.1, 0.15) is 0 Å². The van der Waals surface area contributed by atoms with Crippen LogP contribution in [0.5, 0.6) is 0 Å². The van der Waals surface area contributed by atoms with Crippen molar-refractivity contribution in [2.45, 2.75) is 97.4 Å². The molecule has 2 amide bonds. The van der Waals surface area contributed by atoms with Crippen molar-refractivity contribution in [3.05, 3.63) is 81.3 Å². The summed E-state index contributed by atoms with van der Waals surface area (Å²) in [5.74, 6) is 0.480. The van der Waals surface area contributed by atoms with Gasteiger partial charge in [0.2, 0.25) is 0 Å². The number of pyridine rings is 1. The zero-order chi connectivity index (χ0) is 31.8. The molecule has 1 aromatic carbocycles. The van der Waals surface area contributed by atoms with Crippen LogP contribution >= 0.6 is 11.3 Å². The Balaban J connectivity index is 1.23. The van der Waals surface area contributed by atoms with Gasteiger partial charge in [-0.1, -0.05) is 46.8 Å². The van der Waals surface area contributed by atoms with E-state index in [1.54, 1.807) is 17.5 Å². The second-order valence-electron chi connectivity index (χ2n) is 14.0. The molecule has 4 atom stereocenters.